The third-order valence-electron chi connectivity index (χ3n) is 5.13. The number of carboxylic acid groups (broad SMARTS) is 1. The van der Waals surface area contributed by atoms with Crippen molar-refractivity contribution in [1.29, 1.82) is 0 Å². The summed E-state index contributed by atoms with van der Waals surface area (Å²) in [5.41, 5.74) is 1.32. The van der Waals surface area contributed by atoms with Gasteiger partial charge in [0.2, 0.25) is 5.88 Å². The van der Waals surface area contributed by atoms with Crippen LogP contribution in [0.15, 0.2) is 24.7 Å². The second-order valence-corrected chi connectivity index (χ2v) is 8.01. The number of thiophene rings is 1. The van der Waals surface area contributed by atoms with Gasteiger partial charge in [-0.25, -0.2) is 19.7 Å². The number of aryl methyl sites for hydroxylation is 1. The number of hydrogen-bond acceptors (Lipinski definition) is 8. The van der Waals surface area contributed by atoms with Gasteiger partial charge in [0, 0.05) is 19.7 Å². The molecule has 29 heavy (non-hydrogen) atoms. The maximum atomic E-state index is 11.5. The van der Waals surface area contributed by atoms with E-state index in [0.29, 0.717) is 33.2 Å². The molecular formula is C20H22N4O4S. The average molecular weight is 414 g/mol. The Morgan fingerprint density at radius 1 is 1.28 bits per heavy atom. The predicted molar refractivity (Wildman–Crippen MR) is 110 cm³/mol. The van der Waals surface area contributed by atoms with Gasteiger partial charge in [0.25, 0.3) is 0 Å². The number of hydrogen-bond donors (Lipinski definition) is 2. The molecule has 4 rings (SSSR count). The number of anilines is 2. The largest absolute Gasteiger partial charge is 0.477 e. The van der Waals surface area contributed by atoms with E-state index in [1.54, 1.807) is 20.2 Å². The Labute approximate surface area is 171 Å². The summed E-state index contributed by atoms with van der Waals surface area (Å²) in [5, 5.41) is 13.4. The summed E-state index contributed by atoms with van der Waals surface area (Å²) in [5.74, 6) is 0.0618. The molecule has 3 aromatic heterocycles. The normalized spacial score (nSPS) is 19.2. The number of carboxylic acids is 1. The van der Waals surface area contributed by atoms with Gasteiger partial charge in [-0.05, 0) is 43.9 Å². The minimum atomic E-state index is -0.966. The highest BCUT2D eigenvalue weighted by Crippen LogP contribution is 2.36. The van der Waals surface area contributed by atoms with E-state index >= 15 is 0 Å². The third-order valence-corrected chi connectivity index (χ3v) is 6.32. The molecule has 0 aromatic carbocycles. The number of nitrogens with one attached hydrogen (secondary N) is 1. The van der Waals surface area contributed by atoms with E-state index in [0.717, 1.165) is 37.0 Å². The first kappa shape index (κ1) is 19.5. The Kier molecular flexibility index (Phi) is 5.59. The Bertz CT molecular complexity index is 1040. The molecule has 2 N–H and O–H groups in total. The maximum absolute atomic E-state index is 11.5. The van der Waals surface area contributed by atoms with Crippen LogP contribution in [-0.2, 0) is 4.74 Å². The lowest BCUT2D eigenvalue weighted by molar-refractivity contribution is 0.0197. The van der Waals surface area contributed by atoms with Crippen molar-refractivity contribution >= 4 is 39.0 Å². The molecule has 0 aliphatic heterocycles. The minimum absolute atomic E-state index is 0.0380. The summed E-state index contributed by atoms with van der Waals surface area (Å²) in [6.07, 6.45) is 7.24. The van der Waals surface area contributed by atoms with Crippen molar-refractivity contribution in [1.82, 2.24) is 15.0 Å². The molecule has 0 amide bonds. The molecule has 152 valence electrons. The molecular weight excluding hydrogens is 392 g/mol. The SMILES string of the molecule is COC1CCC[C@@H](Oc2ncccc2Nc2ncnc3sc(C(=O)O)c(C)c23)C1. The predicted octanol–water partition coefficient (Wildman–Crippen LogP) is 4.17. The molecule has 3 heterocycles. The smallest absolute Gasteiger partial charge is 0.346 e. The van der Waals surface area contributed by atoms with E-state index in [4.69, 9.17) is 9.47 Å². The lowest BCUT2D eigenvalue weighted by atomic mass is 9.95. The topological polar surface area (TPSA) is 106 Å². The lowest BCUT2D eigenvalue weighted by Crippen LogP contribution is -2.29. The Hall–Kier alpha value is -2.78. The maximum Gasteiger partial charge on any atom is 0.346 e. The molecule has 0 radical (unpaired) electrons. The van der Waals surface area contributed by atoms with Crippen LogP contribution < -0.4 is 10.1 Å². The second kappa shape index (κ2) is 8.30. The number of aromatic carboxylic acids is 1. The monoisotopic (exact) mass is 414 g/mol. The Morgan fingerprint density at radius 2 is 2.10 bits per heavy atom. The van der Waals surface area contributed by atoms with Gasteiger partial charge in [0.15, 0.2) is 0 Å². The van der Waals surface area contributed by atoms with Crippen molar-refractivity contribution in [2.75, 3.05) is 12.4 Å². The van der Waals surface area contributed by atoms with Crippen LogP contribution >= 0.6 is 11.3 Å². The molecule has 1 saturated carbocycles. The first-order valence-electron chi connectivity index (χ1n) is 9.45. The number of methoxy groups -OCH3 is 1. The van der Waals surface area contributed by atoms with Crippen LogP contribution in [0.1, 0.15) is 40.9 Å². The van der Waals surface area contributed by atoms with Crippen molar-refractivity contribution in [2.45, 2.75) is 44.8 Å². The summed E-state index contributed by atoms with van der Waals surface area (Å²) in [7, 11) is 1.73. The fraction of sp³-hybridized carbons (Fsp3) is 0.400. The van der Waals surface area contributed by atoms with Crippen LogP contribution in [0.3, 0.4) is 0 Å². The van der Waals surface area contributed by atoms with Gasteiger partial charge in [-0.15, -0.1) is 11.3 Å². The van der Waals surface area contributed by atoms with Gasteiger partial charge in [-0.3, -0.25) is 0 Å². The molecule has 8 nitrogen and oxygen atoms in total. The molecule has 3 aromatic rings. The molecule has 1 unspecified atom stereocenters. The van der Waals surface area contributed by atoms with E-state index in [9.17, 15) is 9.90 Å². The molecule has 2 atom stereocenters. The fourth-order valence-corrected chi connectivity index (χ4v) is 4.65. The first-order chi connectivity index (χ1) is 14.1. The van der Waals surface area contributed by atoms with Gasteiger partial charge in [-0.2, -0.15) is 0 Å². The van der Waals surface area contributed by atoms with Crippen molar-refractivity contribution in [3.05, 3.63) is 35.1 Å². The summed E-state index contributed by atoms with van der Waals surface area (Å²) in [6, 6.07) is 3.68. The van der Waals surface area contributed by atoms with Crippen molar-refractivity contribution in [3.63, 3.8) is 0 Å². The fourth-order valence-electron chi connectivity index (χ4n) is 3.66. The van der Waals surface area contributed by atoms with Crippen molar-refractivity contribution in [3.8, 4) is 5.88 Å². The van der Waals surface area contributed by atoms with E-state index in [-0.39, 0.29) is 17.1 Å². The standard InChI is InChI=1S/C20H22N4O4S/c1-11-15-17(22-10-23-19(15)29-16(11)20(25)26)24-14-7-4-8-21-18(14)28-13-6-3-5-12(9-13)27-2/h4,7-8,10,12-13H,3,5-6,9H2,1-2H3,(H,25,26)(H,22,23,24)/t12?,13-/m1/s1. The number of nitrogens with zero attached hydrogens (tertiary/aromatic N) is 3. The van der Waals surface area contributed by atoms with Gasteiger partial charge in [0.1, 0.15) is 33.6 Å². The Morgan fingerprint density at radius 3 is 2.90 bits per heavy atom. The molecule has 1 fully saturated rings. The van der Waals surface area contributed by atoms with Gasteiger partial charge in [-0.1, -0.05) is 0 Å². The summed E-state index contributed by atoms with van der Waals surface area (Å²) in [6.45, 7) is 1.77. The summed E-state index contributed by atoms with van der Waals surface area (Å²) < 4.78 is 11.7. The van der Waals surface area contributed by atoms with Gasteiger partial charge >= 0.3 is 5.97 Å². The highest BCUT2D eigenvalue weighted by atomic mass is 32.1. The number of carbonyl (C=O) groups is 1. The Balaban J connectivity index is 1.63. The molecule has 1 aliphatic carbocycles. The molecule has 1 aliphatic rings. The van der Waals surface area contributed by atoms with E-state index in [2.05, 4.69) is 20.3 Å². The van der Waals surface area contributed by atoms with Crippen LogP contribution in [0.25, 0.3) is 10.2 Å². The highest BCUT2D eigenvalue weighted by Gasteiger charge is 2.25. The number of pyridine rings is 1. The quantitative estimate of drug-likeness (QED) is 0.619. The zero-order valence-corrected chi connectivity index (χ0v) is 17.0. The second-order valence-electron chi connectivity index (χ2n) is 7.01. The van der Waals surface area contributed by atoms with Gasteiger partial charge < -0.3 is 19.9 Å². The number of fused-ring (bicyclic) bond motifs is 1. The van der Waals surface area contributed by atoms with E-state index in [1.165, 1.54) is 6.33 Å². The molecule has 0 spiro atoms. The van der Waals surface area contributed by atoms with Crippen LogP contribution in [0, 0.1) is 6.92 Å². The number of aromatic nitrogens is 3. The minimum Gasteiger partial charge on any atom is -0.477 e. The van der Waals surface area contributed by atoms with Crippen LogP contribution in [0.5, 0.6) is 5.88 Å². The number of ether oxygens (including phenoxy) is 2. The zero-order valence-electron chi connectivity index (χ0n) is 16.2. The average Bonchev–Trinajstić information content (AvgIpc) is 3.07. The van der Waals surface area contributed by atoms with Crippen molar-refractivity contribution in [2.24, 2.45) is 0 Å². The lowest BCUT2D eigenvalue weighted by Gasteiger charge is -2.28. The van der Waals surface area contributed by atoms with Crippen LogP contribution in [0.2, 0.25) is 0 Å². The van der Waals surface area contributed by atoms with Gasteiger partial charge in [0.05, 0.1) is 11.5 Å². The third kappa shape index (κ3) is 4.01. The first-order valence-corrected chi connectivity index (χ1v) is 10.3. The van der Waals surface area contributed by atoms with E-state index in [1.807, 2.05) is 12.1 Å². The molecule has 9 heteroatoms. The zero-order chi connectivity index (χ0) is 20.4. The van der Waals surface area contributed by atoms with Crippen LogP contribution in [0.4, 0.5) is 11.5 Å². The van der Waals surface area contributed by atoms with Crippen molar-refractivity contribution < 1.29 is 19.4 Å². The van der Waals surface area contributed by atoms with Crippen LogP contribution in [-0.4, -0.2) is 45.3 Å². The summed E-state index contributed by atoms with van der Waals surface area (Å²) >= 11 is 1.14. The number of rotatable bonds is 6. The molecule has 0 saturated heterocycles. The van der Waals surface area contributed by atoms with E-state index < -0.39 is 5.97 Å². The highest BCUT2D eigenvalue weighted by molar-refractivity contribution is 7.20. The molecule has 0 bridgehead atoms. The summed E-state index contributed by atoms with van der Waals surface area (Å²) in [4.78, 5) is 25.3.